The van der Waals surface area contributed by atoms with Crippen molar-refractivity contribution in [2.45, 2.75) is 43.1 Å². The third kappa shape index (κ3) is 5.49. The van der Waals surface area contributed by atoms with E-state index in [2.05, 4.69) is 10.6 Å². The standard InChI is InChI=1S/C21H19ClF3N3O/c22-16-8-4-7-15(12-16)18(21(23,24)25)27-17(11-14-5-2-1-3-6-14)19(29)28-20(13-26)9-10-20/h1-8,12,17-18,27H,9-11H2,(H,28,29)/t17-,18-/m0/s1. The van der Waals surface area contributed by atoms with Gasteiger partial charge in [-0.25, -0.2) is 0 Å². The van der Waals surface area contributed by atoms with Gasteiger partial charge in [-0.3, -0.25) is 10.1 Å². The van der Waals surface area contributed by atoms with Gasteiger partial charge in [0, 0.05) is 5.02 Å². The fourth-order valence-electron chi connectivity index (χ4n) is 3.06. The maximum atomic E-state index is 13.8. The fourth-order valence-corrected chi connectivity index (χ4v) is 3.26. The van der Waals surface area contributed by atoms with Crippen LogP contribution in [0.3, 0.4) is 0 Å². The Balaban J connectivity index is 1.88. The molecule has 0 aromatic heterocycles. The van der Waals surface area contributed by atoms with Crippen LogP contribution in [0, 0.1) is 11.3 Å². The van der Waals surface area contributed by atoms with Crippen molar-refractivity contribution in [2.75, 3.05) is 0 Å². The van der Waals surface area contributed by atoms with E-state index in [9.17, 15) is 23.2 Å². The first-order chi connectivity index (χ1) is 13.7. The summed E-state index contributed by atoms with van der Waals surface area (Å²) in [5.41, 5.74) is -0.358. The lowest BCUT2D eigenvalue weighted by molar-refractivity contribution is -0.160. The van der Waals surface area contributed by atoms with Crippen molar-refractivity contribution in [2.24, 2.45) is 0 Å². The monoisotopic (exact) mass is 421 g/mol. The molecule has 4 nitrogen and oxygen atoms in total. The molecule has 0 heterocycles. The molecule has 0 radical (unpaired) electrons. The van der Waals surface area contributed by atoms with E-state index in [0.717, 1.165) is 0 Å². The van der Waals surface area contributed by atoms with E-state index in [-0.39, 0.29) is 17.0 Å². The average Bonchev–Trinajstić information content (AvgIpc) is 3.44. The zero-order valence-corrected chi connectivity index (χ0v) is 16.1. The molecule has 0 unspecified atom stereocenters. The topological polar surface area (TPSA) is 64.9 Å². The second-order valence-corrected chi connectivity index (χ2v) is 7.56. The molecule has 8 heteroatoms. The molecule has 0 saturated heterocycles. The summed E-state index contributed by atoms with van der Waals surface area (Å²) >= 11 is 5.87. The van der Waals surface area contributed by atoms with Crippen molar-refractivity contribution >= 4 is 17.5 Å². The molecule has 0 spiro atoms. The molecule has 2 N–H and O–H groups in total. The van der Waals surface area contributed by atoms with Gasteiger partial charge in [-0.1, -0.05) is 54.1 Å². The molecular weight excluding hydrogens is 403 g/mol. The number of carbonyl (C=O) groups is 1. The number of hydrogen-bond acceptors (Lipinski definition) is 3. The van der Waals surface area contributed by atoms with Crippen molar-refractivity contribution < 1.29 is 18.0 Å². The van der Waals surface area contributed by atoms with Crippen LogP contribution in [0.15, 0.2) is 54.6 Å². The SMILES string of the molecule is N#CC1(NC(=O)[C@H](Cc2ccccc2)N[C@@H](c2cccc(Cl)c2)C(F)(F)F)CC1. The summed E-state index contributed by atoms with van der Waals surface area (Å²) in [6.45, 7) is 0. The van der Waals surface area contributed by atoms with Gasteiger partial charge in [0.15, 0.2) is 0 Å². The highest BCUT2D eigenvalue weighted by atomic mass is 35.5. The van der Waals surface area contributed by atoms with Crippen LogP contribution in [0.25, 0.3) is 0 Å². The van der Waals surface area contributed by atoms with Crippen molar-refractivity contribution in [3.05, 3.63) is 70.7 Å². The van der Waals surface area contributed by atoms with Gasteiger partial charge >= 0.3 is 6.18 Å². The molecule has 1 amide bonds. The highest BCUT2D eigenvalue weighted by Gasteiger charge is 2.47. The minimum absolute atomic E-state index is 0.0430. The van der Waals surface area contributed by atoms with Gasteiger partial charge in [-0.05, 0) is 42.5 Å². The predicted molar refractivity (Wildman–Crippen MR) is 103 cm³/mol. The van der Waals surface area contributed by atoms with Gasteiger partial charge in [-0.15, -0.1) is 0 Å². The number of alkyl halides is 3. The Bertz CT molecular complexity index is 907. The van der Waals surface area contributed by atoms with Crippen LogP contribution >= 0.6 is 11.6 Å². The summed E-state index contributed by atoms with van der Waals surface area (Å²) in [5, 5.41) is 14.4. The molecule has 152 valence electrons. The van der Waals surface area contributed by atoms with Gasteiger partial charge in [0.05, 0.1) is 12.1 Å². The highest BCUT2D eigenvalue weighted by Crippen LogP contribution is 2.36. The smallest absolute Gasteiger partial charge is 0.336 e. The molecule has 1 aliphatic carbocycles. The Labute approximate surface area is 171 Å². The molecule has 1 fully saturated rings. The van der Waals surface area contributed by atoms with Crippen LogP contribution < -0.4 is 10.6 Å². The van der Waals surface area contributed by atoms with Crippen molar-refractivity contribution in [1.82, 2.24) is 10.6 Å². The summed E-state index contributed by atoms with van der Waals surface area (Å²) in [6, 6.07) is 13.0. The van der Waals surface area contributed by atoms with E-state index in [4.69, 9.17) is 11.6 Å². The normalized spacial score (nSPS) is 17.1. The van der Waals surface area contributed by atoms with E-state index in [1.807, 2.05) is 6.07 Å². The first kappa shape index (κ1) is 21.2. The lowest BCUT2D eigenvalue weighted by Gasteiger charge is -2.28. The quantitative estimate of drug-likeness (QED) is 0.700. The van der Waals surface area contributed by atoms with Gasteiger partial charge in [0.2, 0.25) is 5.91 Å². The van der Waals surface area contributed by atoms with E-state index < -0.39 is 29.7 Å². The zero-order valence-electron chi connectivity index (χ0n) is 15.3. The highest BCUT2D eigenvalue weighted by molar-refractivity contribution is 6.30. The summed E-state index contributed by atoms with van der Waals surface area (Å²) in [5.74, 6) is -0.635. The molecule has 1 saturated carbocycles. The van der Waals surface area contributed by atoms with Gasteiger partial charge in [0.25, 0.3) is 0 Å². The van der Waals surface area contributed by atoms with Gasteiger partial charge in [0.1, 0.15) is 11.6 Å². The average molecular weight is 422 g/mol. The van der Waals surface area contributed by atoms with Crippen molar-refractivity contribution in [1.29, 1.82) is 5.26 Å². The van der Waals surface area contributed by atoms with Crippen LogP contribution in [0.5, 0.6) is 0 Å². The second kappa shape index (κ2) is 8.44. The Morgan fingerprint density at radius 2 is 1.86 bits per heavy atom. The van der Waals surface area contributed by atoms with Crippen molar-refractivity contribution in [3.63, 3.8) is 0 Å². The Hall–Kier alpha value is -2.56. The zero-order chi connectivity index (χ0) is 21.1. The number of hydrogen-bond donors (Lipinski definition) is 2. The number of carbonyl (C=O) groups excluding carboxylic acids is 1. The lowest BCUT2D eigenvalue weighted by Crippen LogP contribution is -2.52. The number of rotatable bonds is 7. The van der Waals surface area contributed by atoms with Crippen LogP contribution in [-0.4, -0.2) is 23.7 Å². The maximum absolute atomic E-state index is 13.8. The molecule has 1 aliphatic rings. The summed E-state index contributed by atoms with van der Waals surface area (Å²) in [7, 11) is 0. The maximum Gasteiger partial charge on any atom is 0.407 e. The molecule has 2 aromatic carbocycles. The Morgan fingerprint density at radius 1 is 1.17 bits per heavy atom. The number of benzene rings is 2. The van der Waals surface area contributed by atoms with Gasteiger partial charge in [-0.2, -0.15) is 18.4 Å². The summed E-state index contributed by atoms with van der Waals surface area (Å²) in [6.07, 6.45) is -3.62. The third-order valence-electron chi connectivity index (χ3n) is 4.80. The molecule has 0 aliphatic heterocycles. The van der Waals surface area contributed by atoms with Crippen LogP contribution in [-0.2, 0) is 11.2 Å². The number of amides is 1. The molecule has 2 atom stereocenters. The van der Waals surface area contributed by atoms with Crippen LogP contribution in [0.1, 0.15) is 30.0 Å². The molecule has 2 aromatic rings. The van der Waals surface area contributed by atoms with E-state index in [1.54, 1.807) is 30.3 Å². The predicted octanol–water partition coefficient (Wildman–Crippen LogP) is 4.32. The fraction of sp³-hybridized carbons (Fsp3) is 0.333. The minimum Gasteiger partial charge on any atom is -0.336 e. The summed E-state index contributed by atoms with van der Waals surface area (Å²) < 4.78 is 41.5. The number of halogens is 4. The first-order valence-electron chi connectivity index (χ1n) is 9.08. The molecular formula is C21H19ClF3N3O. The van der Waals surface area contributed by atoms with E-state index >= 15 is 0 Å². The number of nitrogens with one attached hydrogen (secondary N) is 2. The lowest BCUT2D eigenvalue weighted by atomic mass is 10.0. The van der Waals surface area contributed by atoms with Gasteiger partial charge < -0.3 is 5.32 Å². The number of nitrogens with zero attached hydrogens (tertiary/aromatic N) is 1. The second-order valence-electron chi connectivity index (χ2n) is 7.12. The van der Waals surface area contributed by atoms with Crippen LogP contribution in [0.4, 0.5) is 13.2 Å². The van der Waals surface area contributed by atoms with E-state index in [0.29, 0.717) is 18.4 Å². The Morgan fingerprint density at radius 3 is 2.41 bits per heavy atom. The third-order valence-corrected chi connectivity index (χ3v) is 5.04. The largest absolute Gasteiger partial charge is 0.407 e. The van der Waals surface area contributed by atoms with Crippen molar-refractivity contribution in [3.8, 4) is 6.07 Å². The number of nitriles is 1. The molecule has 0 bridgehead atoms. The summed E-state index contributed by atoms with van der Waals surface area (Å²) in [4.78, 5) is 12.8. The molecule has 29 heavy (non-hydrogen) atoms. The minimum atomic E-state index is -4.65. The van der Waals surface area contributed by atoms with E-state index in [1.165, 1.54) is 24.3 Å². The van der Waals surface area contributed by atoms with Crippen LogP contribution in [0.2, 0.25) is 5.02 Å². The first-order valence-corrected chi connectivity index (χ1v) is 9.46. The Kier molecular flexibility index (Phi) is 6.15. The molecule has 3 rings (SSSR count).